The molecular weight excluding hydrogens is 346 g/mol. The van der Waals surface area contributed by atoms with E-state index in [-0.39, 0.29) is 27.6 Å². The van der Waals surface area contributed by atoms with Gasteiger partial charge in [-0.2, -0.15) is 0 Å². The van der Waals surface area contributed by atoms with Crippen LogP contribution in [-0.4, -0.2) is 35.7 Å². The molecule has 0 aromatic heterocycles. The van der Waals surface area contributed by atoms with Crippen LogP contribution in [0.25, 0.3) is 0 Å². The summed E-state index contributed by atoms with van der Waals surface area (Å²) in [6, 6.07) is 9.15. The van der Waals surface area contributed by atoms with E-state index in [1.807, 2.05) is 0 Å². The zero-order chi connectivity index (χ0) is 18.6. The van der Waals surface area contributed by atoms with Crippen molar-refractivity contribution in [3.05, 3.63) is 47.5 Å². The number of esters is 1. The summed E-state index contributed by atoms with van der Waals surface area (Å²) < 4.78 is 42.7. The molecule has 8 heteroatoms. The van der Waals surface area contributed by atoms with E-state index in [4.69, 9.17) is 14.2 Å². The van der Waals surface area contributed by atoms with Crippen LogP contribution in [0.15, 0.2) is 41.3 Å². The van der Waals surface area contributed by atoms with Gasteiger partial charge >= 0.3 is 5.97 Å². The van der Waals surface area contributed by atoms with Gasteiger partial charge in [0.05, 0.1) is 37.5 Å². The Hall–Kier alpha value is -2.74. The van der Waals surface area contributed by atoms with Gasteiger partial charge in [0.25, 0.3) is 10.0 Å². The van der Waals surface area contributed by atoms with Crippen molar-refractivity contribution in [3.8, 4) is 11.5 Å². The topological polar surface area (TPSA) is 90.9 Å². The third-order valence-corrected chi connectivity index (χ3v) is 4.84. The fraction of sp³-hybridized carbons (Fsp3) is 0.235. The predicted octanol–water partition coefficient (Wildman–Crippen LogP) is 2.60. The van der Waals surface area contributed by atoms with Crippen LogP contribution in [0.3, 0.4) is 0 Å². The van der Waals surface area contributed by atoms with Crippen LogP contribution >= 0.6 is 0 Å². The number of ether oxygens (including phenoxy) is 3. The second kappa shape index (κ2) is 7.43. The third-order valence-electron chi connectivity index (χ3n) is 3.47. The number of carbonyl (C=O) groups is 1. The molecule has 2 aromatic carbocycles. The Morgan fingerprint density at radius 2 is 1.64 bits per heavy atom. The van der Waals surface area contributed by atoms with Crippen LogP contribution in [-0.2, 0) is 14.8 Å². The molecule has 0 unspecified atom stereocenters. The van der Waals surface area contributed by atoms with Crippen molar-refractivity contribution >= 4 is 21.7 Å². The Labute approximate surface area is 146 Å². The second-order valence-corrected chi connectivity index (χ2v) is 6.85. The van der Waals surface area contributed by atoms with E-state index in [0.29, 0.717) is 0 Å². The molecule has 2 aromatic rings. The lowest BCUT2D eigenvalue weighted by atomic mass is 10.1. The molecule has 2 rings (SSSR count). The van der Waals surface area contributed by atoms with Gasteiger partial charge < -0.3 is 14.2 Å². The van der Waals surface area contributed by atoms with Gasteiger partial charge in [-0.25, -0.2) is 13.2 Å². The Balaban J connectivity index is 2.55. The van der Waals surface area contributed by atoms with Crippen LogP contribution in [0, 0.1) is 6.92 Å². The third kappa shape index (κ3) is 4.03. The zero-order valence-corrected chi connectivity index (χ0v) is 15.1. The summed E-state index contributed by atoms with van der Waals surface area (Å²) in [6.07, 6.45) is 0. The number of benzene rings is 2. The number of hydrogen-bond donors (Lipinski definition) is 1. The summed E-state index contributed by atoms with van der Waals surface area (Å²) in [6.45, 7) is 1.79. The van der Waals surface area contributed by atoms with Crippen molar-refractivity contribution < 1.29 is 27.4 Å². The SMILES string of the molecule is COC(=O)c1cc(OC)c(OC)cc1NS(=O)(=O)c1cccc(C)c1. The lowest BCUT2D eigenvalue weighted by Gasteiger charge is -2.15. The molecule has 0 heterocycles. The molecule has 0 aliphatic heterocycles. The van der Waals surface area contributed by atoms with E-state index in [1.165, 1.54) is 45.6 Å². The number of rotatable bonds is 6. The minimum Gasteiger partial charge on any atom is -0.493 e. The molecule has 1 N–H and O–H groups in total. The monoisotopic (exact) mass is 365 g/mol. The van der Waals surface area contributed by atoms with Crippen molar-refractivity contribution in [2.45, 2.75) is 11.8 Å². The molecule has 0 aliphatic carbocycles. The maximum absolute atomic E-state index is 12.6. The molecule has 0 saturated carbocycles. The molecule has 25 heavy (non-hydrogen) atoms. The zero-order valence-electron chi connectivity index (χ0n) is 14.3. The number of sulfonamides is 1. The standard InChI is InChI=1S/C17H19NO6S/c1-11-6-5-7-12(8-11)25(20,21)18-14-10-16(23-3)15(22-2)9-13(14)17(19)24-4/h5-10,18H,1-4H3. The fourth-order valence-corrected chi connectivity index (χ4v) is 3.40. The number of methoxy groups -OCH3 is 3. The molecule has 0 amide bonds. The molecule has 0 spiro atoms. The molecule has 0 bridgehead atoms. The minimum absolute atomic E-state index is 0.0105. The fourth-order valence-electron chi connectivity index (χ4n) is 2.23. The summed E-state index contributed by atoms with van der Waals surface area (Å²) in [5.41, 5.74) is 0.839. The lowest BCUT2D eigenvalue weighted by molar-refractivity contribution is 0.0601. The molecule has 0 fully saturated rings. The van der Waals surface area contributed by atoms with Gasteiger partial charge in [0, 0.05) is 12.1 Å². The Morgan fingerprint density at radius 1 is 1.00 bits per heavy atom. The predicted molar refractivity (Wildman–Crippen MR) is 92.9 cm³/mol. The van der Waals surface area contributed by atoms with E-state index < -0.39 is 16.0 Å². The molecule has 7 nitrogen and oxygen atoms in total. The van der Waals surface area contributed by atoms with Crippen molar-refractivity contribution in [1.29, 1.82) is 0 Å². The average Bonchev–Trinajstić information content (AvgIpc) is 2.60. The van der Waals surface area contributed by atoms with Crippen molar-refractivity contribution in [1.82, 2.24) is 0 Å². The van der Waals surface area contributed by atoms with Gasteiger partial charge in [-0.05, 0) is 24.6 Å². The van der Waals surface area contributed by atoms with E-state index in [9.17, 15) is 13.2 Å². The Kier molecular flexibility index (Phi) is 5.53. The molecule has 134 valence electrons. The summed E-state index contributed by atoms with van der Waals surface area (Å²) in [5.74, 6) is -0.151. The van der Waals surface area contributed by atoms with Crippen molar-refractivity contribution in [2.24, 2.45) is 0 Å². The summed E-state index contributed by atoms with van der Waals surface area (Å²) in [5, 5.41) is 0. The number of aryl methyl sites for hydroxylation is 1. The highest BCUT2D eigenvalue weighted by Crippen LogP contribution is 2.34. The summed E-state index contributed by atoms with van der Waals surface area (Å²) >= 11 is 0. The number of carbonyl (C=O) groups excluding carboxylic acids is 1. The highest BCUT2D eigenvalue weighted by Gasteiger charge is 2.22. The molecule has 0 aliphatic rings. The van der Waals surface area contributed by atoms with E-state index >= 15 is 0 Å². The first kappa shape index (κ1) is 18.6. The van der Waals surface area contributed by atoms with Gasteiger partial charge in [0.1, 0.15) is 0 Å². The van der Waals surface area contributed by atoms with Crippen LogP contribution in [0.1, 0.15) is 15.9 Å². The molecule has 0 saturated heterocycles. The van der Waals surface area contributed by atoms with Crippen LogP contribution in [0.4, 0.5) is 5.69 Å². The van der Waals surface area contributed by atoms with Crippen LogP contribution in [0.2, 0.25) is 0 Å². The highest BCUT2D eigenvalue weighted by molar-refractivity contribution is 7.92. The van der Waals surface area contributed by atoms with E-state index in [2.05, 4.69) is 4.72 Å². The first-order valence-corrected chi connectivity index (χ1v) is 8.74. The first-order chi connectivity index (χ1) is 11.8. The van der Waals surface area contributed by atoms with Crippen molar-refractivity contribution in [3.63, 3.8) is 0 Å². The largest absolute Gasteiger partial charge is 0.493 e. The number of anilines is 1. The molecular formula is C17H19NO6S. The smallest absolute Gasteiger partial charge is 0.340 e. The first-order valence-electron chi connectivity index (χ1n) is 7.26. The van der Waals surface area contributed by atoms with Crippen LogP contribution in [0.5, 0.6) is 11.5 Å². The normalized spacial score (nSPS) is 10.9. The Bertz CT molecular complexity index is 892. The quantitative estimate of drug-likeness (QED) is 0.791. The Morgan fingerprint density at radius 3 is 2.20 bits per heavy atom. The highest BCUT2D eigenvalue weighted by atomic mass is 32.2. The van der Waals surface area contributed by atoms with Crippen molar-refractivity contribution in [2.75, 3.05) is 26.1 Å². The minimum atomic E-state index is -3.90. The van der Waals surface area contributed by atoms with Gasteiger partial charge in [-0.1, -0.05) is 12.1 Å². The summed E-state index contributed by atoms with van der Waals surface area (Å²) in [4.78, 5) is 12.1. The number of hydrogen-bond acceptors (Lipinski definition) is 6. The molecule has 0 atom stereocenters. The average molecular weight is 365 g/mol. The van der Waals surface area contributed by atoms with Gasteiger partial charge in [0.15, 0.2) is 11.5 Å². The molecule has 0 radical (unpaired) electrons. The van der Waals surface area contributed by atoms with E-state index in [1.54, 1.807) is 19.1 Å². The maximum Gasteiger partial charge on any atom is 0.340 e. The van der Waals surface area contributed by atoms with Gasteiger partial charge in [-0.15, -0.1) is 0 Å². The van der Waals surface area contributed by atoms with Gasteiger partial charge in [0.2, 0.25) is 0 Å². The van der Waals surface area contributed by atoms with Crippen LogP contribution < -0.4 is 14.2 Å². The summed E-state index contributed by atoms with van der Waals surface area (Å²) in [7, 11) is 0.131. The lowest BCUT2D eigenvalue weighted by Crippen LogP contribution is -2.16. The number of nitrogens with one attached hydrogen (secondary N) is 1. The second-order valence-electron chi connectivity index (χ2n) is 5.17. The van der Waals surface area contributed by atoms with Gasteiger partial charge in [-0.3, -0.25) is 4.72 Å². The maximum atomic E-state index is 12.6. The van der Waals surface area contributed by atoms with E-state index in [0.717, 1.165) is 5.56 Å².